The standard InChI is InChI=1S/C10H8N2O2.C9H14N2O3/c11-10(13)9-6-8(12-14-9)7-4-2-1-3-5-7;12-8(6-2-1-3-6)10-11-9(13)7-4-14-5-7/h1-6H,(H2,11,13);6-7H,1-5H2,(H,10,12)(H,11,13). The van der Waals surface area contributed by atoms with E-state index < -0.39 is 5.91 Å². The van der Waals surface area contributed by atoms with Gasteiger partial charge in [-0.2, -0.15) is 0 Å². The molecule has 2 fully saturated rings. The number of amides is 3. The summed E-state index contributed by atoms with van der Waals surface area (Å²) in [6.07, 6.45) is 2.99. The van der Waals surface area contributed by atoms with Gasteiger partial charge < -0.3 is 15.0 Å². The van der Waals surface area contributed by atoms with E-state index in [0.717, 1.165) is 24.8 Å². The summed E-state index contributed by atoms with van der Waals surface area (Å²) in [5, 5.41) is 3.73. The maximum atomic E-state index is 11.3. The Bertz CT molecular complexity index is 802. The first-order valence-corrected chi connectivity index (χ1v) is 9.04. The molecule has 0 radical (unpaired) electrons. The lowest BCUT2D eigenvalue weighted by atomic mass is 9.85. The highest BCUT2D eigenvalue weighted by Crippen LogP contribution is 2.25. The van der Waals surface area contributed by atoms with Crippen LogP contribution in [0.25, 0.3) is 11.3 Å². The van der Waals surface area contributed by atoms with Gasteiger partial charge in [0.2, 0.25) is 17.6 Å². The Morgan fingerprint density at radius 2 is 1.64 bits per heavy atom. The van der Waals surface area contributed by atoms with Gasteiger partial charge in [0, 0.05) is 17.5 Å². The number of nitrogens with two attached hydrogens (primary N) is 1. The van der Waals surface area contributed by atoms with E-state index in [4.69, 9.17) is 15.0 Å². The molecule has 2 aromatic rings. The molecular formula is C19H22N4O5. The van der Waals surface area contributed by atoms with Crippen LogP contribution in [-0.2, 0) is 14.3 Å². The van der Waals surface area contributed by atoms with Crippen molar-refractivity contribution in [1.29, 1.82) is 0 Å². The number of nitrogens with zero attached hydrogens (tertiary/aromatic N) is 1. The summed E-state index contributed by atoms with van der Waals surface area (Å²) < 4.78 is 9.63. The zero-order valence-electron chi connectivity index (χ0n) is 15.2. The number of hydrogen-bond donors (Lipinski definition) is 3. The van der Waals surface area contributed by atoms with Crippen LogP contribution in [0, 0.1) is 11.8 Å². The van der Waals surface area contributed by atoms with E-state index in [0.29, 0.717) is 18.9 Å². The van der Waals surface area contributed by atoms with Gasteiger partial charge in [0.15, 0.2) is 0 Å². The maximum Gasteiger partial charge on any atom is 0.287 e. The number of hydrazine groups is 1. The Balaban J connectivity index is 0.000000161. The van der Waals surface area contributed by atoms with E-state index >= 15 is 0 Å². The Kier molecular flexibility index (Phi) is 6.38. The van der Waals surface area contributed by atoms with Crippen molar-refractivity contribution in [2.24, 2.45) is 17.6 Å². The van der Waals surface area contributed by atoms with Crippen LogP contribution in [-0.4, -0.2) is 36.1 Å². The van der Waals surface area contributed by atoms with Crippen LogP contribution < -0.4 is 16.6 Å². The molecule has 0 bridgehead atoms. The van der Waals surface area contributed by atoms with Crippen LogP contribution in [0.1, 0.15) is 29.8 Å². The van der Waals surface area contributed by atoms with Gasteiger partial charge in [-0.3, -0.25) is 25.2 Å². The minimum Gasteiger partial charge on any atom is -0.380 e. The molecule has 3 amide bonds. The van der Waals surface area contributed by atoms with Gasteiger partial charge in [-0.05, 0) is 12.8 Å². The van der Waals surface area contributed by atoms with E-state index in [1.807, 2.05) is 30.3 Å². The molecule has 1 saturated carbocycles. The molecule has 2 heterocycles. The second kappa shape index (κ2) is 9.14. The molecule has 1 aliphatic carbocycles. The number of carbonyl (C=O) groups is 3. The van der Waals surface area contributed by atoms with Crippen LogP contribution >= 0.6 is 0 Å². The van der Waals surface area contributed by atoms with Gasteiger partial charge in [0.1, 0.15) is 5.69 Å². The second-order valence-electron chi connectivity index (χ2n) is 6.65. The molecule has 4 N–H and O–H groups in total. The largest absolute Gasteiger partial charge is 0.380 e. The monoisotopic (exact) mass is 386 g/mol. The van der Waals surface area contributed by atoms with Crippen molar-refractivity contribution < 1.29 is 23.6 Å². The first-order valence-electron chi connectivity index (χ1n) is 9.04. The van der Waals surface area contributed by atoms with Gasteiger partial charge in [0.05, 0.1) is 19.1 Å². The van der Waals surface area contributed by atoms with Gasteiger partial charge in [0.25, 0.3) is 5.91 Å². The van der Waals surface area contributed by atoms with E-state index in [1.165, 1.54) is 6.07 Å². The average molecular weight is 386 g/mol. The maximum absolute atomic E-state index is 11.3. The van der Waals surface area contributed by atoms with Crippen molar-refractivity contribution >= 4 is 17.7 Å². The Hall–Kier alpha value is -3.20. The summed E-state index contributed by atoms with van der Waals surface area (Å²) in [5.74, 6) is -0.734. The molecule has 0 spiro atoms. The predicted octanol–water partition coefficient (Wildman–Crippen LogP) is 1.02. The van der Waals surface area contributed by atoms with E-state index in [1.54, 1.807) is 0 Å². The first-order chi connectivity index (χ1) is 13.5. The van der Waals surface area contributed by atoms with Crippen LogP contribution in [0.2, 0.25) is 0 Å². The van der Waals surface area contributed by atoms with Crippen molar-refractivity contribution in [2.75, 3.05) is 13.2 Å². The molecular weight excluding hydrogens is 364 g/mol. The van der Waals surface area contributed by atoms with Gasteiger partial charge in [-0.15, -0.1) is 0 Å². The Labute approximate surface area is 161 Å². The Morgan fingerprint density at radius 1 is 1.00 bits per heavy atom. The zero-order valence-corrected chi connectivity index (χ0v) is 15.2. The molecule has 1 aromatic heterocycles. The lowest BCUT2D eigenvalue weighted by molar-refractivity contribution is -0.143. The highest BCUT2D eigenvalue weighted by molar-refractivity contribution is 5.90. The third kappa shape index (κ3) is 4.95. The number of benzene rings is 1. The molecule has 1 saturated heterocycles. The molecule has 28 heavy (non-hydrogen) atoms. The molecule has 9 nitrogen and oxygen atoms in total. The fourth-order valence-electron chi connectivity index (χ4n) is 2.52. The van der Waals surface area contributed by atoms with Crippen molar-refractivity contribution in [3.05, 3.63) is 42.2 Å². The molecule has 148 valence electrons. The fourth-order valence-corrected chi connectivity index (χ4v) is 2.52. The van der Waals surface area contributed by atoms with Gasteiger partial charge in [-0.1, -0.05) is 41.9 Å². The predicted molar refractivity (Wildman–Crippen MR) is 98.4 cm³/mol. The number of primary amides is 1. The third-order valence-electron chi connectivity index (χ3n) is 4.62. The summed E-state index contributed by atoms with van der Waals surface area (Å²) in [7, 11) is 0. The van der Waals surface area contributed by atoms with E-state index in [9.17, 15) is 14.4 Å². The van der Waals surface area contributed by atoms with Crippen LogP contribution in [0.3, 0.4) is 0 Å². The minimum absolute atomic E-state index is 0.0650. The highest BCUT2D eigenvalue weighted by Gasteiger charge is 2.29. The highest BCUT2D eigenvalue weighted by atomic mass is 16.5. The molecule has 2 aliphatic rings. The second-order valence-corrected chi connectivity index (χ2v) is 6.65. The number of aromatic nitrogens is 1. The summed E-state index contributed by atoms with van der Waals surface area (Å²) >= 11 is 0. The molecule has 0 unspecified atom stereocenters. The van der Waals surface area contributed by atoms with Crippen LogP contribution in [0.15, 0.2) is 40.9 Å². The van der Waals surface area contributed by atoms with Crippen LogP contribution in [0.5, 0.6) is 0 Å². The van der Waals surface area contributed by atoms with E-state index in [-0.39, 0.29) is 29.4 Å². The SMILES string of the molecule is NC(=O)c1cc(-c2ccccc2)no1.O=C(NNC(=O)C1COC1)C1CCC1. The van der Waals surface area contributed by atoms with Crippen molar-refractivity contribution in [3.63, 3.8) is 0 Å². The Morgan fingerprint density at radius 3 is 2.11 bits per heavy atom. The fraction of sp³-hybridized carbons (Fsp3) is 0.368. The van der Waals surface area contributed by atoms with Crippen LogP contribution in [0.4, 0.5) is 0 Å². The van der Waals surface area contributed by atoms with Crippen molar-refractivity contribution in [3.8, 4) is 11.3 Å². The summed E-state index contributed by atoms with van der Waals surface area (Å²) in [6.45, 7) is 0.927. The van der Waals surface area contributed by atoms with Crippen molar-refractivity contribution in [2.45, 2.75) is 19.3 Å². The summed E-state index contributed by atoms with van der Waals surface area (Å²) in [4.78, 5) is 33.3. The number of hydrogen-bond acceptors (Lipinski definition) is 6. The minimum atomic E-state index is -0.611. The smallest absolute Gasteiger partial charge is 0.287 e. The molecule has 9 heteroatoms. The summed E-state index contributed by atoms with van der Waals surface area (Å²) in [5.41, 5.74) is 11.4. The number of nitrogens with one attached hydrogen (secondary N) is 2. The topological polar surface area (TPSA) is 137 Å². The van der Waals surface area contributed by atoms with Gasteiger partial charge in [-0.25, -0.2) is 0 Å². The lowest BCUT2D eigenvalue weighted by Crippen LogP contribution is -2.51. The first kappa shape index (κ1) is 19.6. The average Bonchev–Trinajstić information content (AvgIpc) is 3.09. The number of rotatable bonds is 4. The number of carbonyl (C=O) groups excluding carboxylic acids is 3. The quantitative estimate of drug-likeness (QED) is 0.671. The van der Waals surface area contributed by atoms with E-state index in [2.05, 4.69) is 16.0 Å². The molecule has 0 atom stereocenters. The molecule has 1 aliphatic heterocycles. The third-order valence-corrected chi connectivity index (χ3v) is 4.62. The van der Waals surface area contributed by atoms with Crippen molar-refractivity contribution in [1.82, 2.24) is 16.0 Å². The summed E-state index contributed by atoms with van der Waals surface area (Å²) in [6, 6.07) is 10.9. The zero-order chi connectivity index (χ0) is 19.9. The molecule has 1 aromatic carbocycles. The lowest BCUT2D eigenvalue weighted by Gasteiger charge is -2.27. The van der Waals surface area contributed by atoms with Gasteiger partial charge >= 0.3 is 0 Å². The molecule has 4 rings (SSSR count). The normalized spacial score (nSPS) is 16.0. The number of ether oxygens (including phenoxy) is 1.